The zero-order valence-corrected chi connectivity index (χ0v) is 13.7. The Morgan fingerprint density at radius 1 is 1.38 bits per heavy atom. The van der Waals surface area contributed by atoms with Crippen molar-refractivity contribution < 1.29 is 8.42 Å². The minimum absolute atomic E-state index is 0.173. The highest BCUT2D eigenvalue weighted by Crippen LogP contribution is 2.36. The topological polar surface area (TPSA) is 92.1 Å². The summed E-state index contributed by atoms with van der Waals surface area (Å²) in [5, 5.41) is 0.173. The van der Waals surface area contributed by atoms with Gasteiger partial charge >= 0.3 is 0 Å². The lowest BCUT2D eigenvalue weighted by Gasteiger charge is -2.44. The van der Waals surface area contributed by atoms with Crippen molar-refractivity contribution in [2.24, 2.45) is 5.73 Å². The molecule has 1 aliphatic rings. The number of nitrogens with two attached hydrogens (primary N) is 1. The van der Waals surface area contributed by atoms with Gasteiger partial charge in [0.05, 0.1) is 6.20 Å². The number of aromatic amines is 1. The molecule has 7 heteroatoms. The van der Waals surface area contributed by atoms with Crippen LogP contribution in [-0.2, 0) is 10.0 Å². The Kier molecular flexibility index (Phi) is 5.06. The molecule has 0 aliphatic heterocycles. The van der Waals surface area contributed by atoms with E-state index in [0.717, 1.165) is 38.5 Å². The van der Waals surface area contributed by atoms with Crippen molar-refractivity contribution in [3.05, 3.63) is 12.0 Å². The van der Waals surface area contributed by atoms with E-state index in [1.54, 1.807) is 11.2 Å². The van der Waals surface area contributed by atoms with E-state index in [4.69, 9.17) is 5.73 Å². The fourth-order valence-electron chi connectivity index (χ4n) is 3.23. The van der Waals surface area contributed by atoms with E-state index < -0.39 is 15.6 Å². The first kappa shape index (κ1) is 16.5. The van der Waals surface area contributed by atoms with Crippen LogP contribution in [0.4, 0.5) is 0 Å². The van der Waals surface area contributed by atoms with E-state index in [1.807, 2.05) is 6.92 Å². The molecule has 0 unspecified atom stereocenters. The van der Waals surface area contributed by atoms with E-state index in [0.29, 0.717) is 18.9 Å². The van der Waals surface area contributed by atoms with Crippen LogP contribution in [0.15, 0.2) is 11.2 Å². The second kappa shape index (κ2) is 6.46. The lowest BCUT2D eigenvalue weighted by molar-refractivity contribution is 0.135. The van der Waals surface area contributed by atoms with Crippen LogP contribution in [0.2, 0.25) is 0 Å². The summed E-state index contributed by atoms with van der Waals surface area (Å²) in [7, 11) is -3.58. The fourth-order valence-corrected chi connectivity index (χ4v) is 5.12. The summed E-state index contributed by atoms with van der Waals surface area (Å²) in [6.07, 6.45) is 7.09. The SMILES string of the molecule is CCCN(C1(CN)CCCCC1)S(=O)(=O)c1cnc(C)[nH]1. The van der Waals surface area contributed by atoms with Crippen LogP contribution in [0, 0.1) is 6.92 Å². The number of aromatic nitrogens is 2. The molecule has 120 valence electrons. The average molecular weight is 314 g/mol. The zero-order valence-electron chi connectivity index (χ0n) is 12.9. The fraction of sp³-hybridized carbons (Fsp3) is 0.786. The molecule has 1 heterocycles. The monoisotopic (exact) mass is 314 g/mol. The van der Waals surface area contributed by atoms with E-state index in [2.05, 4.69) is 9.97 Å². The first-order valence-corrected chi connectivity index (χ1v) is 9.15. The van der Waals surface area contributed by atoms with Crippen molar-refractivity contribution in [2.45, 2.75) is 62.9 Å². The second-order valence-corrected chi connectivity index (χ2v) is 7.73. The molecule has 0 saturated heterocycles. The third-order valence-corrected chi connectivity index (χ3v) is 6.28. The molecule has 1 aromatic rings. The van der Waals surface area contributed by atoms with Gasteiger partial charge < -0.3 is 10.7 Å². The highest BCUT2D eigenvalue weighted by Gasteiger charge is 2.43. The van der Waals surface area contributed by atoms with Gasteiger partial charge in [-0.25, -0.2) is 13.4 Å². The Morgan fingerprint density at radius 2 is 2.05 bits per heavy atom. The number of nitrogens with one attached hydrogen (secondary N) is 1. The minimum atomic E-state index is -3.58. The molecule has 1 aliphatic carbocycles. The first-order chi connectivity index (χ1) is 9.96. The van der Waals surface area contributed by atoms with Crippen molar-refractivity contribution in [1.82, 2.24) is 14.3 Å². The minimum Gasteiger partial charge on any atom is -0.332 e. The molecular formula is C14H26N4O2S. The highest BCUT2D eigenvalue weighted by atomic mass is 32.2. The van der Waals surface area contributed by atoms with Crippen molar-refractivity contribution >= 4 is 10.0 Å². The number of hydrogen-bond acceptors (Lipinski definition) is 4. The van der Waals surface area contributed by atoms with Crippen LogP contribution in [0.25, 0.3) is 0 Å². The zero-order chi connectivity index (χ0) is 15.5. The van der Waals surface area contributed by atoms with E-state index in [-0.39, 0.29) is 5.03 Å². The standard InChI is InChI=1S/C14H26N4O2S/c1-3-9-18(14(11-15)7-5-4-6-8-14)21(19,20)13-10-16-12(2)17-13/h10H,3-9,11,15H2,1-2H3,(H,16,17). The van der Waals surface area contributed by atoms with Gasteiger partial charge in [-0.05, 0) is 26.2 Å². The summed E-state index contributed by atoms with van der Waals surface area (Å²) in [5.74, 6) is 0.607. The summed E-state index contributed by atoms with van der Waals surface area (Å²) in [6, 6.07) is 0. The Morgan fingerprint density at radius 3 is 2.52 bits per heavy atom. The third-order valence-electron chi connectivity index (χ3n) is 4.37. The Balaban J connectivity index is 2.41. The molecule has 1 fully saturated rings. The molecule has 6 nitrogen and oxygen atoms in total. The summed E-state index contributed by atoms with van der Waals surface area (Å²) < 4.78 is 27.6. The molecular weight excluding hydrogens is 288 g/mol. The predicted molar refractivity (Wildman–Crippen MR) is 82.4 cm³/mol. The van der Waals surface area contributed by atoms with Gasteiger partial charge in [-0.1, -0.05) is 26.2 Å². The van der Waals surface area contributed by atoms with E-state index in [9.17, 15) is 8.42 Å². The third kappa shape index (κ3) is 3.14. The first-order valence-electron chi connectivity index (χ1n) is 7.71. The summed E-state index contributed by atoms with van der Waals surface area (Å²) in [6.45, 7) is 4.62. The normalized spacial score (nSPS) is 19.0. The van der Waals surface area contributed by atoms with Crippen LogP contribution in [-0.4, -0.2) is 41.3 Å². The Labute approximate surface area is 127 Å². The van der Waals surface area contributed by atoms with Gasteiger partial charge in [0.25, 0.3) is 10.0 Å². The smallest absolute Gasteiger partial charge is 0.260 e. The van der Waals surface area contributed by atoms with Crippen LogP contribution in [0.3, 0.4) is 0 Å². The number of H-pyrrole nitrogens is 1. The van der Waals surface area contributed by atoms with Crippen molar-refractivity contribution in [3.63, 3.8) is 0 Å². The number of rotatable bonds is 6. The number of sulfonamides is 1. The largest absolute Gasteiger partial charge is 0.332 e. The van der Waals surface area contributed by atoms with E-state index in [1.165, 1.54) is 6.20 Å². The maximum Gasteiger partial charge on any atom is 0.260 e. The lowest BCUT2D eigenvalue weighted by Crippen LogP contribution is -2.57. The molecule has 0 aromatic carbocycles. The van der Waals surface area contributed by atoms with Crippen LogP contribution < -0.4 is 5.73 Å². The molecule has 0 spiro atoms. The van der Waals surface area contributed by atoms with Crippen molar-refractivity contribution in [3.8, 4) is 0 Å². The molecule has 0 atom stereocenters. The predicted octanol–water partition coefficient (Wildman–Crippen LogP) is 1.78. The maximum absolute atomic E-state index is 13.0. The van der Waals surface area contributed by atoms with Gasteiger partial charge in [0.15, 0.2) is 5.03 Å². The van der Waals surface area contributed by atoms with Gasteiger partial charge in [-0.15, -0.1) is 0 Å². The number of aryl methyl sites for hydroxylation is 1. The molecule has 0 amide bonds. The molecule has 3 N–H and O–H groups in total. The highest BCUT2D eigenvalue weighted by molar-refractivity contribution is 7.89. The van der Waals surface area contributed by atoms with Crippen molar-refractivity contribution in [1.29, 1.82) is 0 Å². The summed E-state index contributed by atoms with van der Waals surface area (Å²) in [5.41, 5.74) is 5.58. The van der Waals surface area contributed by atoms with Crippen LogP contribution in [0.5, 0.6) is 0 Å². The van der Waals surface area contributed by atoms with Gasteiger partial charge in [0.1, 0.15) is 5.82 Å². The molecule has 1 aromatic heterocycles. The van der Waals surface area contributed by atoms with Crippen LogP contribution >= 0.6 is 0 Å². The van der Waals surface area contributed by atoms with Crippen molar-refractivity contribution in [2.75, 3.05) is 13.1 Å². The second-order valence-electron chi connectivity index (χ2n) is 5.90. The summed E-state index contributed by atoms with van der Waals surface area (Å²) in [4.78, 5) is 6.88. The number of imidazole rings is 1. The molecule has 1 saturated carbocycles. The molecule has 2 rings (SSSR count). The van der Waals surface area contributed by atoms with Gasteiger partial charge in [-0.2, -0.15) is 4.31 Å². The number of nitrogens with zero attached hydrogens (tertiary/aromatic N) is 2. The Hall–Kier alpha value is -0.920. The lowest BCUT2D eigenvalue weighted by atomic mass is 9.81. The Bertz CT molecular complexity index is 561. The quantitative estimate of drug-likeness (QED) is 0.837. The van der Waals surface area contributed by atoms with Gasteiger partial charge in [0.2, 0.25) is 0 Å². The number of hydrogen-bond donors (Lipinski definition) is 2. The van der Waals surface area contributed by atoms with Crippen LogP contribution in [0.1, 0.15) is 51.3 Å². The van der Waals surface area contributed by atoms with E-state index >= 15 is 0 Å². The molecule has 21 heavy (non-hydrogen) atoms. The molecule has 0 bridgehead atoms. The summed E-state index contributed by atoms with van der Waals surface area (Å²) >= 11 is 0. The maximum atomic E-state index is 13.0. The van der Waals surface area contributed by atoms with Gasteiger partial charge in [-0.3, -0.25) is 0 Å². The molecule has 0 radical (unpaired) electrons. The average Bonchev–Trinajstić information content (AvgIpc) is 2.92. The van der Waals surface area contributed by atoms with Gasteiger partial charge in [0, 0.05) is 18.6 Å².